The predicted molar refractivity (Wildman–Crippen MR) is 97.5 cm³/mol. The van der Waals surface area contributed by atoms with Gasteiger partial charge in [0.2, 0.25) is 0 Å². The largest absolute Gasteiger partial charge is 0.361 e. The molecular weight excluding hydrogens is 356 g/mol. The fourth-order valence-electron chi connectivity index (χ4n) is 4.05. The second-order valence-corrected chi connectivity index (χ2v) is 8.68. The van der Waals surface area contributed by atoms with E-state index in [4.69, 9.17) is 14.2 Å². The van der Waals surface area contributed by atoms with Gasteiger partial charge in [-0.2, -0.15) is 0 Å². The summed E-state index contributed by atoms with van der Waals surface area (Å²) in [7, 11) is 0. The number of hydrogen-bond donors (Lipinski definition) is 0. The molecular formula is C19H35BrO3. The molecule has 0 aromatic carbocycles. The van der Waals surface area contributed by atoms with Crippen molar-refractivity contribution >= 4 is 15.9 Å². The van der Waals surface area contributed by atoms with Gasteiger partial charge in [0, 0.05) is 5.92 Å². The Morgan fingerprint density at radius 2 is 1.35 bits per heavy atom. The van der Waals surface area contributed by atoms with Crippen LogP contribution in [0.25, 0.3) is 0 Å². The molecule has 0 aromatic heterocycles. The highest BCUT2D eigenvalue weighted by Gasteiger charge is 2.45. The highest BCUT2D eigenvalue weighted by atomic mass is 79.9. The van der Waals surface area contributed by atoms with Crippen molar-refractivity contribution in [1.82, 2.24) is 0 Å². The van der Waals surface area contributed by atoms with Gasteiger partial charge in [0.25, 0.3) is 0 Å². The number of ether oxygens (including phenoxy) is 3. The van der Waals surface area contributed by atoms with Crippen LogP contribution < -0.4 is 0 Å². The van der Waals surface area contributed by atoms with E-state index in [0.29, 0.717) is 35.7 Å². The molecule has 2 rings (SSSR count). The molecule has 0 saturated carbocycles. The van der Waals surface area contributed by atoms with Crippen LogP contribution in [0.2, 0.25) is 0 Å². The van der Waals surface area contributed by atoms with Gasteiger partial charge >= 0.3 is 0 Å². The van der Waals surface area contributed by atoms with Crippen LogP contribution in [0.3, 0.4) is 0 Å². The van der Waals surface area contributed by atoms with Crippen LogP contribution in [0.5, 0.6) is 0 Å². The molecule has 2 aliphatic rings. The number of alkyl halides is 1. The number of hydrogen-bond acceptors (Lipinski definition) is 3. The maximum atomic E-state index is 6.56. The predicted octanol–water partition coefficient (Wildman–Crippen LogP) is 5.22. The van der Waals surface area contributed by atoms with Gasteiger partial charge in [0.05, 0.1) is 18.3 Å². The quantitative estimate of drug-likeness (QED) is 0.615. The summed E-state index contributed by atoms with van der Waals surface area (Å²) in [6, 6.07) is 0. The molecule has 0 aliphatic carbocycles. The van der Waals surface area contributed by atoms with Crippen LogP contribution in [-0.4, -0.2) is 29.6 Å². The molecule has 0 N–H and O–H groups in total. The first-order valence-corrected chi connectivity index (χ1v) is 10.3. The summed E-state index contributed by atoms with van der Waals surface area (Å²) in [5.41, 5.74) is 0. The average Bonchev–Trinajstić information content (AvgIpc) is 2.55. The molecule has 0 aromatic rings. The second kappa shape index (κ2) is 8.16. The standard InChI is InChI=1S/C19H35BrO3/c1-8-15-11(4)10(3)14(7)19(22-15)23-17-12(5)13(6)18(20)21-16(17)9-2/h10-19H,8-9H2,1-7H3/t10-,11-,12+,13?,14?,15?,16?,17-,18?,19+/m0/s1. The minimum absolute atomic E-state index is 0.106. The fourth-order valence-corrected chi connectivity index (χ4v) is 4.81. The molecule has 2 aliphatic heterocycles. The molecule has 0 spiro atoms. The Balaban J connectivity index is 2.11. The molecule has 23 heavy (non-hydrogen) atoms. The van der Waals surface area contributed by atoms with Gasteiger partial charge in [0.15, 0.2) is 6.29 Å². The van der Waals surface area contributed by atoms with Crippen LogP contribution in [-0.2, 0) is 14.2 Å². The lowest BCUT2D eigenvalue weighted by Crippen LogP contribution is -2.53. The number of halogens is 1. The van der Waals surface area contributed by atoms with Gasteiger partial charge in [-0.3, -0.25) is 0 Å². The first kappa shape index (κ1) is 19.7. The Morgan fingerprint density at radius 3 is 1.91 bits per heavy atom. The Kier molecular flexibility index (Phi) is 6.98. The summed E-state index contributed by atoms with van der Waals surface area (Å²) in [6.45, 7) is 15.8. The summed E-state index contributed by atoms with van der Waals surface area (Å²) >= 11 is 3.67. The highest BCUT2D eigenvalue weighted by Crippen LogP contribution is 2.41. The van der Waals surface area contributed by atoms with Gasteiger partial charge in [-0.05, 0) is 36.5 Å². The summed E-state index contributed by atoms with van der Waals surface area (Å²) < 4.78 is 19.1. The SMILES string of the molecule is CCC1O[C@H](O[C@@H]2C(CC)OC(Br)C(C)[C@H]2C)C(C)[C@@H](C)[C@@H]1C. The second-order valence-electron chi connectivity index (χ2n) is 7.78. The Morgan fingerprint density at radius 1 is 0.739 bits per heavy atom. The number of rotatable bonds is 4. The smallest absolute Gasteiger partial charge is 0.161 e. The molecule has 10 atom stereocenters. The first-order chi connectivity index (χ1) is 10.8. The maximum Gasteiger partial charge on any atom is 0.161 e. The summed E-state index contributed by atoms with van der Waals surface area (Å²) in [5, 5.41) is 0.120. The van der Waals surface area contributed by atoms with Gasteiger partial charge in [0.1, 0.15) is 5.01 Å². The Labute approximate surface area is 151 Å². The zero-order valence-electron chi connectivity index (χ0n) is 15.8. The van der Waals surface area contributed by atoms with Crippen molar-refractivity contribution in [2.24, 2.45) is 29.6 Å². The third-order valence-corrected chi connectivity index (χ3v) is 7.56. The molecule has 0 bridgehead atoms. The van der Waals surface area contributed by atoms with E-state index < -0.39 is 0 Å². The monoisotopic (exact) mass is 390 g/mol. The molecule has 3 nitrogen and oxygen atoms in total. The first-order valence-electron chi connectivity index (χ1n) is 9.42. The zero-order valence-corrected chi connectivity index (χ0v) is 17.4. The highest BCUT2D eigenvalue weighted by molar-refractivity contribution is 9.09. The lowest BCUT2D eigenvalue weighted by atomic mass is 9.78. The Hall–Kier alpha value is 0.360. The molecule has 2 heterocycles. The summed E-state index contributed by atoms with van der Waals surface area (Å²) in [6.07, 6.45) is 2.44. The van der Waals surface area contributed by atoms with E-state index in [2.05, 4.69) is 64.4 Å². The zero-order chi connectivity index (χ0) is 17.3. The van der Waals surface area contributed by atoms with Gasteiger partial charge in [-0.1, -0.05) is 64.4 Å². The van der Waals surface area contributed by atoms with Crippen LogP contribution in [0.1, 0.15) is 61.3 Å². The molecule has 136 valence electrons. The topological polar surface area (TPSA) is 27.7 Å². The van der Waals surface area contributed by atoms with Crippen molar-refractivity contribution in [3.05, 3.63) is 0 Å². The molecule has 0 amide bonds. The van der Waals surface area contributed by atoms with Crippen molar-refractivity contribution in [3.8, 4) is 0 Å². The fraction of sp³-hybridized carbons (Fsp3) is 1.00. The minimum atomic E-state index is -0.115. The molecule has 5 unspecified atom stereocenters. The summed E-state index contributed by atoms with van der Waals surface area (Å²) in [5.74, 6) is 2.49. The van der Waals surface area contributed by atoms with E-state index in [1.807, 2.05) is 0 Å². The maximum absolute atomic E-state index is 6.56. The van der Waals surface area contributed by atoms with Crippen molar-refractivity contribution in [2.75, 3.05) is 0 Å². The van der Waals surface area contributed by atoms with E-state index in [1.54, 1.807) is 0 Å². The van der Waals surface area contributed by atoms with Crippen LogP contribution in [0.4, 0.5) is 0 Å². The normalized spacial score (nSPS) is 51.7. The van der Waals surface area contributed by atoms with E-state index in [-0.39, 0.29) is 23.5 Å². The van der Waals surface area contributed by atoms with E-state index in [1.165, 1.54) is 0 Å². The third-order valence-electron chi connectivity index (χ3n) is 6.51. The van der Waals surface area contributed by atoms with Crippen molar-refractivity contribution in [3.63, 3.8) is 0 Å². The van der Waals surface area contributed by atoms with Crippen LogP contribution >= 0.6 is 15.9 Å². The van der Waals surface area contributed by atoms with Gasteiger partial charge in [-0.25, -0.2) is 0 Å². The van der Waals surface area contributed by atoms with E-state index in [9.17, 15) is 0 Å². The summed E-state index contributed by atoms with van der Waals surface area (Å²) in [4.78, 5) is 0. The minimum Gasteiger partial charge on any atom is -0.361 e. The van der Waals surface area contributed by atoms with Crippen molar-refractivity contribution in [1.29, 1.82) is 0 Å². The third kappa shape index (κ3) is 3.96. The van der Waals surface area contributed by atoms with Crippen LogP contribution in [0, 0.1) is 29.6 Å². The average molecular weight is 391 g/mol. The Bertz CT molecular complexity index is 374. The van der Waals surface area contributed by atoms with Gasteiger partial charge < -0.3 is 14.2 Å². The molecule has 2 fully saturated rings. The molecule has 2 saturated heterocycles. The van der Waals surface area contributed by atoms with E-state index >= 15 is 0 Å². The lowest BCUT2D eigenvalue weighted by molar-refractivity contribution is -0.295. The van der Waals surface area contributed by atoms with Crippen molar-refractivity contribution in [2.45, 2.75) is 90.9 Å². The lowest BCUT2D eigenvalue weighted by Gasteiger charge is -2.48. The molecule has 0 radical (unpaired) electrons. The van der Waals surface area contributed by atoms with E-state index in [0.717, 1.165) is 12.8 Å². The van der Waals surface area contributed by atoms with Crippen LogP contribution in [0.15, 0.2) is 0 Å². The van der Waals surface area contributed by atoms with Crippen molar-refractivity contribution < 1.29 is 14.2 Å². The van der Waals surface area contributed by atoms with Gasteiger partial charge in [-0.15, -0.1) is 0 Å². The molecule has 4 heteroatoms.